The molecule has 0 rings (SSSR count). The molecule has 0 saturated carbocycles. The number of rotatable bonds is 3. The first-order valence-corrected chi connectivity index (χ1v) is 2.44. The van der Waals surface area contributed by atoms with Crippen LogP contribution in [0.15, 0.2) is 0 Å². The number of aliphatic carboxylic acids is 1. The summed E-state index contributed by atoms with van der Waals surface area (Å²) in [7, 11) is 0. The van der Waals surface area contributed by atoms with Gasteiger partial charge in [0, 0.05) is 6.42 Å². The minimum atomic E-state index is -0.879. The van der Waals surface area contributed by atoms with Crippen molar-refractivity contribution in [2.24, 2.45) is 5.73 Å². The molecule has 0 bridgehead atoms. The molecule has 0 aromatic heterocycles. The van der Waals surface area contributed by atoms with Gasteiger partial charge in [-0.15, -0.1) is 0 Å². The van der Waals surface area contributed by atoms with E-state index in [0.29, 0.717) is 13.0 Å². The zero-order valence-electron chi connectivity index (χ0n) is 4.63. The number of hydrogen-bond donors (Lipinski definition) is 3. The molecule has 0 heterocycles. The standard InChI is InChI=1S/C4H10N2O2/c5-2-1-3(6)4(7)8/h3H,1-2,5-6H2,(H,7,8)/p+1. The Morgan fingerprint density at radius 2 is 2.38 bits per heavy atom. The van der Waals surface area contributed by atoms with Gasteiger partial charge in [0.15, 0.2) is 6.04 Å². The van der Waals surface area contributed by atoms with E-state index in [4.69, 9.17) is 10.8 Å². The molecule has 0 aliphatic rings. The summed E-state index contributed by atoms with van der Waals surface area (Å²) in [6.45, 7) is 0.389. The van der Waals surface area contributed by atoms with Gasteiger partial charge in [-0.1, -0.05) is 0 Å². The fraction of sp³-hybridized carbons (Fsp3) is 0.750. The number of nitrogens with two attached hydrogens (primary N) is 1. The quantitative estimate of drug-likeness (QED) is 0.402. The first-order valence-electron chi connectivity index (χ1n) is 2.44. The molecular weight excluding hydrogens is 108 g/mol. The van der Waals surface area contributed by atoms with Crippen molar-refractivity contribution in [3.63, 3.8) is 0 Å². The first-order chi connectivity index (χ1) is 3.68. The largest absolute Gasteiger partial charge is 0.477 e. The molecule has 0 amide bonds. The summed E-state index contributed by atoms with van der Waals surface area (Å²) in [6.07, 6.45) is 0.454. The highest BCUT2D eigenvalue weighted by Crippen LogP contribution is 1.79. The molecule has 1 unspecified atom stereocenters. The van der Waals surface area contributed by atoms with Gasteiger partial charge >= 0.3 is 5.97 Å². The fourth-order valence-corrected chi connectivity index (χ4v) is 0.325. The minimum Gasteiger partial charge on any atom is -0.477 e. The maximum absolute atomic E-state index is 9.97. The molecule has 0 aliphatic heterocycles. The highest BCUT2D eigenvalue weighted by molar-refractivity contribution is 5.71. The highest BCUT2D eigenvalue weighted by atomic mass is 16.4. The van der Waals surface area contributed by atoms with Crippen LogP contribution in [0.2, 0.25) is 0 Å². The molecule has 4 nitrogen and oxygen atoms in total. The van der Waals surface area contributed by atoms with Crippen molar-refractivity contribution in [2.75, 3.05) is 6.54 Å². The number of hydrogen-bond acceptors (Lipinski definition) is 2. The molecule has 8 heavy (non-hydrogen) atoms. The van der Waals surface area contributed by atoms with E-state index in [0.717, 1.165) is 0 Å². The molecule has 0 fully saturated rings. The normalized spacial score (nSPS) is 13.2. The predicted molar refractivity (Wildman–Crippen MR) is 28.0 cm³/mol. The van der Waals surface area contributed by atoms with Crippen LogP contribution in [0.25, 0.3) is 0 Å². The van der Waals surface area contributed by atoms with Crippen LogP contribution >= 0.6 is 0 Å². The van der Waals surface area contributed by atoms with Crippen molar-refractivity contribution >= 4 is 5.97 Å². The van der Waals surface area contributed by atoms with Crippen LogP contribution in [0.1, 0.15) is 6.42 Å². The summed E-state index contributed by atoms with van der Waals surface area (Å²) in [5.74, 6) is -0.879. The highest BCUT2D eigenvalue weighted by Gasteiger charge is 2.12. The van der Waals surface area contributed by atoms with Crippen LogP contribution in [0.3, 0.4) is 0 Å². The Hall–Kier alpha value is -0.610. The lowest BCUT2D eigenvalue weighted by molar-refractivity contribution is -0.408. The molecule has 0 aromatic carbocycles. The third-order valence-corrected chi connectivity index (χ3v) is 0.864. The van der Waals surface area contributed by atoms with Gasteiger partial charge in [0.2, 0.25) is 0 Å². The van der Waals surface area contributed by atoms with Gasteiger partial charge < -0.3 is 16.6 Å². The third-order valence-electron chi connectivity index (χ3n) is 0.864. The van der Waals surface area contributed by atoms with Crippen LogP contribution in [0.4, 0.5) is 0 Å². The van der Waals surface area contributed by atoms with Crippen molar-refractivity contribution in [3.8, 4) is 0 Å². The van der Waals surface area contributed by atoms with E-state index in [1.54, 1.807) is 0 Å². The van der Waals surface area contributed by atoms with Crippen molar-refractivity contribution in [1.82, 2.24) is 0 Å². The second kappa shape index (κ2) is 3.40. The Labute approximate surface area is 47.5 Å². The van der Waals surface area contributed by atoms with Gasteiger partial charge in [0.25, 0.3) is 0 Å². The SMILES string of the molecule is NCCC([NH3+])C(=O)O. The molecule has 0 radical (unpaired) electrons. The van der Waals surface area contributed by atoms with Gasteiger partial charge in [0.05, 0.1) is 0 Å². The van der Waals surface area contributed by atoms with Gasteiger partial charge in [-0.25, -0.2) is 4.79 Å². The average Bonchev–Trinajstić information content (AvgIpc) is 1.67. The summed E-state index contributed by atoms with van der Waals surface area (Å²) in [5, 5.41) is 8.20. The molecule has 4 heteroatoms. The summed E-state index contributed by atoms with van der Waals surface area (Å²) < 4.78 is 0. The van der Waals surface area contributed by atoms with Crippen LogP contribution in [0.5, 0.6) is 0 Å². The topological polar surface area (TPSA) is 91.0 Å². The maximum Gasteiger partial charge on any atom is 0.362 e. The van der Waals surface area contributed by atoms with Crippen molar-refractivity contribution in [2.45, 2.75) is 12.5 Å². The number of quaternary nitrogens is 1. The van der Waals surface area contributed by atoms with E-state index in [1.807, 2.05) is 0 Å². The summed E-state index contributed by atoms with van der Waals surface area (Å²) in [4.78, 5) is 9.97. The second-order valence-corrected chi connectivity index (χ2v) is 1.61. The van der Waals surface area contributed by atoms with E-state index < -0.39 is 12.0 Å². The minimum absolute atomic E-state index is 0.389. The van der Waals surface area contributed by atoms with E-state index in [2.05, 4.69) is 5.73 Å². The summed E-state index contributed by atoms with van der Waals surface area (Å²) >= 11 is 0. The fourth-order valence-electron chi connectivity index (χ4n) is 0.325. The Morgan fingerprint density at radius 1 is 1.88 bits per heavy atom. The smallest absolute Gasteiger partial charge is 0.362 e. The Morgan fingerprint density at radius 3 is 2.50 bits per heavy atom. The monoisotopic (exact) mass is 119 g/mol. The van der Waals surface area contributed by atoms with E-state index in [1.165, 1.54) is 0 Å². The number of carbonyl (C=O) groups is 1. The molecule has 0 saturated heterocycles. The Kier molecular flexibility index (Phi) is 3.14. The van der Waals surface area contributed by atoms with Crippen LogP contribution in [-0.4, -0.2) is 23.7 Å². The van der Waals surface area contributed by atoms with Crippen molar-refractivity contribution in [1.29, 1.82) is 0 Å². The van der Waals surface area contributed by atoms with Crippen LogP contribution < -0.4 is 11.5 Å². The van der Waals surface area contributed by atoms with Crippen molar-refractivity contribution in [3.05, 3.63) is 0 Å². The van der Waals surface area contributed by atoms with Gasteiger partial charge in [-0.2, -0.15) is 0 Å². The first kappa shape index (κ1) is 7.39. The summed E-state index contributed by atoms with van der Waals surface area (Å²) in [5.41, 5.74) is 8.41. The van der Waals surface area contributed by atoms with Crippen LogP contribution in [-0.2, 0) is 4.79 Å². The van der Waals surface area contributed by atoms with E-state index in [9.17, 15) is 4.79 Å². The number of carboxylic acids is 1. The second-order valence-electron chi connectivity index (χ2n) is 1.61. The third kappa shape index (κ3) is 2.54. The number of carboxylic acid groups (broad SMARTS) is 1. The molecule has 6 N–H and O–H groups in total. The zero-order chi connectivity index (χ0) is 6.57. The molecular formula is C4H11N2O2+. The lowest BCUT2D eigenvalue weighted by Gasteiger charge is -1.96. The van der Waals surface area contributed by atoms with Gasteiger partial charge in [-0.05, 0) is 6.54 Å². The van der Waals surface area contributed by atoms with Gasteiger partial charge in [0.1, 0.15) is 0 Å². The molecule has 0 aliphatic carbocycles. The molecule has 48 valence electrons. The molecule has 0 aromatic rings. The Balaban J connectivity index is 3.32. The average molecular weight is 119 g/mol. The van der Waals surface area contributed by atoms with E-state index >= 15 is 0 Å². The predicted octanol–water partition coefficient (Wildman–Crippen LogP) is -1.97. The molecule has 0 spiro atoms. The maximum atomic E-state index is 9.97. The molecule has 1 atom stereocenters. The van der Waals surface area contributed by atoms with Crippen LogP contribution in [0, 0.1) is 0 Å². The lowest BCUT2D eigenvalue weighted by atomic mass is 10.2. The summed E-state index contributed by atoms with van der Waals surface area (Å²) in [6, 6.07) is -0.542. The lowest BCUT2D eigenvalue weighted by Crippen LogP contribution is -2.65. The Bertz CT molecular complexity index is 84.1. The van der Waals surface area contributed by atoms with Gasteiger partial charge in [-0.3, -0.25) is 0 Å². The van der Waals surface area contributed by atoms with Crippen molar-refractivity contribution < 1.29 is 15.6 Å². The van der Waals surface area contributed by atoms with E-state index in [-0.39, 0.29) is 0 Å². The zero-order valence-corrected chi connectivity index (χ0v) is 4.63.